The number of nitrogens with zero attached hydrogens (tertiary/aromatic N) is 2. The fourth-order valence-corrected chi connectivity index (χ4v) is 3.29. The number of alkyl halides is 3. The zero-order valence-electron chi connectivity index (χ0n) is 11.8. The van der Waals surface area contributed by atoms with E-state index < -0.39 is 11.1 Å². The monoisotopic (exact) mass is 334 g/mol. The summed E-state index contributed by atoms with van der Waals surface area (Å²) in [6.45, 7) is 1.33. The molecule has 3 nitrogen and oxygen atoms in total. The van der Waals surface area contributed by atoms with Gasteiger partial charge in [-0.25, -0.2) is 0 Å². The molecule has 0 aliphatic carbocycles. The first-order valence-corrected chi connectivity index (χ1v) is 7.42. The zero-order chi connectivity index (χ0) is 16.8. The minimum absolute atomic E-state index is 0.0163. The van der Waals surface area contributed by atoms with E-state index in [1.165, 1.54) is 41.3 Å². The number of rotatable bonds is 1. The predicted molar refractivity (Wildman–Crippen MR) is 81.3 cm³/mol. The first kappa shape index (κ1) is 15.3. The van der Waals surface area contributed by atoms with Crippen molar-refractivity contribution in [2.24, 2.45) is 0 Å². The number of halogens is 3. The van der Waals surface area contributed by atoms with Crippen LogP contribution < -0.4 is 0 Å². The quantitative estimate of drug-likeness (QED) is 0.634. The molecule has 0 N–H and O–H groups in total. The maximum absolute atomic E-state index is 13.2. The van der Waals surface area contributed by atoms with Gasteiger partial charge >= 0.3 is 6.18 Å². The van der Waals surface area contributed by atoms with Gasteiger partial charge in [-0.3, -0.25) is 9.36 Å². The third kappa shape index (κ3) is 2.51. The van der Waals surface area contributed by atoms with Crippen LogP contribution in [0.1, 0.15) is 22.2 Å². The Kier molecular flexibility index (Phi) is 3.49. The molecule has 0 unspecified atom stereocenters. The second-order valence-corrected chi connectivity index (χ2v) is 5.85. The van der Waals surface area contributed by atoms with Crippen LogP contribution in [-0.4, -0.2) is 10.5 Å². The zero-order valence-corrected chi connectivity index (χ0v) is 12.6. The molecule has 0 saturated heterocycles. The molecular weight excluding hydrogens is 325 g/mol. The predicted octanol–water partition coefficient (Wildman–Crippen LogP) is 4.92. The van der Waals surface area contributed by atoms with E-state index in [4.69, 9.17) is 5.26 Å². The van der Waals surface area contributed by atoms with Crippen molar-refractivity contribution < 1.29 is 18.0 Å². The lowest BCUT2D eigenvalue weighted by Crippen LogP contribution is -2.04. The summed E-state index contributed by atoms with van der Waals surface area (Å²) in [7, 11) is 0. The van der Waals surface area contributed by atoms with Gasteiger partial charge in [-0.2, -0.15) is 18.4 Å². The van der Waals surface area contributed by atoms with Gasteiger partial charge in [0.15, 0.2) is 0 Å². The van der Waals surface area contributed by atoms with Crippen molar-refractivity contribution in [2.45, 2.75) is 13.1 Å². The highest BCUT2D eigenvalue weighted by molar-refractivity contribution is 7.10. The van der Waals surface area contributed by atoms with E-state index in [1.807, 2.05) is 6.07 Å². The Hall–Kier alpha value is -2.59. The lowest BCUT2D eigenvalue weighted by Gasteiger charge is -2.06. The third-order valence-corrected chi connectivity index (χ3v) is 4.44. The van der Waals surface area contributed by atoms with Gasteiger partial charge in [0, 0.05) is 29.6 Å². The molecule has 1 aromatic carbocycles. The van der Waals surface area contributed by atoms with Gasteiger partial charge in [-0.05, 0) is 29.6 Å². The number of carbonyl (C=O) groups is 1. The van der Waals surface area contributed by atoms with Crippen molar-refractivity contribution in [2.75, 3.05) is 0 Å². The summed E-state index contributed by atoms with van der Waals surface area (Å²) in [5.74, 6) is -0.310. The van der Waals surface area contributed by atoms with Gasteiger partial charge in [0.05, 0.1) is 17.1 Å². The Labute approximate surface area is 133 Å². The van der Waals surface area contributed by atoms with Crippen LogP contribution >= 0.6 is 11.3 Å². The van der Waals surface area contributed by atoms with Crippen molar-refractivity contribution in [3.8, 4) is 17.2 Å². The Bertz CT molecular complexity index is 960. The largest absolute Gasteiger partial charge is 0.426 e. The first-order chi connectivity index (χ1) is 10.8. The summed E-state index contributed by atoms with van der Waals surface area (Å²) in [5, 5.41) is 10.8. The molecule has 0 fully saturated rings. The third-order valence-electron chi connectivity index (χ3n) is 3.49. The molecule has 0 aliphatic rings. The highest BCUT2D eigenvalue weighted by Gasteiger charge is 2.36. The fourth-order valence-electron chi connectivity index (χ4n) is 2.52. The molecule has 0 bridgehead atoms. The number of thiophene rings is 1. The van der Waals surface area contributed by atoms with Crippen LogP contribution in [0.5, 0.6) is 0 Å². The fraction of sp³-hybridized carbons (Fsp3) is 0.125. The maximum atomic E-state index is 13.2. The van der Waals surface area contributed by atoms with Gasteiger partial charge in [0.1, 0.15) is 4.88 Å². The summed E-state index contributed by atoms with van der Waals surface area (Å²) < 4.78 is 40.8. The molecule has 0 spiro atoms. The van der Waals surface area contributed by atoms with Crippen LogP contribution in [0.4, 0.5) is 13.2 Å². The average Bonchev–Trinajstić information content (AvgIpc) is 3.09. The Morgan fingerprint density at radius 3 is 2.61 bits per heavy atom. The summed E-state index contributed by atoms with van der Waals surface area (Å²) in [4.78, 5) is 11.0. The Morgan fingerprint density at radius 1 is 1.26 bits per heavy atom. The van der Waals surface area contributed by atoms with Crippen molar-refractivity contribution in [1.82, 2.24) is 4.57 Å². The topological polar surface area (TPSA) is 45.8 Å². The molecule has 2 heterocycles. The standard InChI is InChI=1S/C16H9F3N2OS/c1-9(22)21-8-13(11-4-5-23-15(11)16(17,18)19)12-6-10(7-20)2-3-14(12)21/h2-6,8H,1H3. The van der Waals surface area contributed by atoms with E-state index in [1.54, 1.807) is 6.07 Å². The van der Waals surface area contributed by atoms with Gasteiger partial charge in [-0.1, -0.05) is 0 Å². The first-order valence-electron chi connectivity index (χ1n) is 6.54. The van der Waals surface area contributed by atoms with Crippen molar-refractivity contribution >= 4 is 28.1 Å². The van der Waals surface area contributed by atoms with E-state index in [0.717, 1.165) is 0 Å². The van der Waals surface area contributed by atoms with E-state index in [9.17, 15) is 18.0 Å². The maximum Gasteiger partial charge on any atom is 0.426 e. The van der Waals surface area contributed by atoms with Crippen molar-refractivity contribution in [1.29, 1.82) is 5.26 Å². The molecule has 2 aromatic heterocycles. The Morgan fingerprint density at radius 2 is 2.00 bits per heavy atom. The molecule has 0 atom stereocenters. The van der Waals surface area contributed by atoms with Crippen LogP contribution in [0.3, 0.4) is 0 Å². The normalized spacial score (nSPS) is 11.6. The van der Waals surface area contributed by atoms with Crippen LogP contribution in [-0.2, 0) is 6.18 Å². The number of fused-ring (bicyclic) bond motifs is 1. The summed E-state index contributed by atoms with van der Waals surface area (Å²) in [6.07, 6.45) is -3.08. The number of aromatic nitrogens is 1. The SMILES string of the molecule is CC(=O)n1cc(-c2ccsc2C(F)(F)F)c2cc(C#N)ccc21. The van der Waals surface area contributed by atoms with Crippen LogP contribution in [0.25, 0.3) is 22.0 Å². The molecule has 0 amide bonds. The van der Waals surface area contributed by atoms with E-state index >= 15 is 0 Å². The second-order valence-electron chi connectivity index (χ2n) is 4.94. The minimum atomic E-state index is -4.47. The van der Waals surface area contributed by atoms with Crippen molar-refractivity contribution in [3.05, 3.63) is 46.3 Å². The van der Waals surface area contributed by atoms with Gasteiger partial charge < -0.3 is 0 Å². The molecule has 3 rings (SSSR count). The number of carbonyl (C=O) groups excluding carboxylic acids is 1. The Balaban J connectivity index is 2.36. The molecule has 0 radical (unpaired) electrons. The summed E-state index contributed by atoms with van der Waals surface area (Å²) >= 11 is 0.603. The molecular formula is C16H9F3N2OS. The molecule has 23 heavy (non-hydrogen) atoms. The molecule has 0 aliphatic heterocycles. The van der Waals surface area contributed by atoms with Gasteiger partial charge in [0.2, 0.25) is 5.91 Å². The van der Waals surface area contributed by atoms with Crippen molar-refractivity contribution in [3.63, 3.8) is 0 Å². The second kappa shape index (κ2) is 5.25. The number of nitriles is 1. The molecule has 116 valence electrons. The van der Waals surface area contributed by atoms with Crippen LogP contribution in [0.2, 0.25) is 0 Å². The lowest BCUT2D eigenvalue weighted by atomic mass is 10.0. The lowest BCUT2D eigenvalue weighted by molar-refractivity contribution is -0.133. The number of hydrogen-bond acceptors (Lipinski definition) is 3. The highest BCUT2D eigenvalue weighted by atomic mass is 32.1. The van der Waals surface area contributed by atoms with E-state index in [-0.39, 0.29) is 11.5 Å². The number of benzene rings is 1. The van der Waals surface area contributed by atoms with Crippen LogP contribution in [0.15, 0.2) is 35.8 Å². The smallest absolute Gasteiger partial charge is 0.287 e. The van der Waals surface area contributed by atoms with Gasteiger partial charge in [0.25, 0.3) is 0 Å². The van der Waals surface area contributed by atoms with E-state index in [2.05, 4.69) is 0 Å². The minimum Gasteiger partial charge on any atom is -0.287 e. The van der Waals surface area contributed by atoms with E-state index in [0.29, 0.717) is 33.4 Å². The molecule has 0 saturated carbocycles. The summed E-state index contributed by atoms with van der Waals surface area (Å²) in [5.41, 5.74) is 1.11. The summed E-state index contributed by atoms with van der Waals surface area (Å²) in [6, 6.07) is 7.94. The average molecular weight is 334 g/mol. The molecule has 7 heteroatoms. The number of hydrogen-bond donors (Lipinski definition) is 0. The van der Waals surface area contributed by atoms with Gasteiger partial charge in [-0.15, -0.1) is 11.3 Å². The highest BCUT2D eigenvalue weighted by Crippen LogP contribution is 2.43. The van der Waals surface area contributed by atoms with Crippen LogP contribution in [0, 0.1) is 11.3 Å². The molecule has 3 aromatic rings.